The van der Waals surface area contributed by atoms with Crippen LogP contribution in [0.25, 0.3) is 6.08 Å². The Morgan fingerprint density at radius 2 is 2.30 bits per heavy atom. The predicted octanol–water partition coefficient (Wildman–Crippen LogP) is 2.99. The Morgan fingerprint density at radius 3 is 2.95 bits per heavy atom. The summed E-state index contributed by atoms with van der Waals surface area (Å²) in [6.07, 6.45) is 8.89. The average Bonchev–Trinajstić information content (AvgIpc) is 2.46. The van der Waals surface area contributed by atoms with Crippen molar-refractivity contribution in [3.8, 4) is 0 Å². The number of esters is 1. The van der Waals surface area contributed by atoms with Gasteiger partial charge in [-0.25, -0.2) is 14.8 Å². The number of nitrogens with zero attached hydrogens (tertiary/aromatic N) is 2. The molecule has 0 aromatic carbocycles. The third-order valence-electron chi connectivity index (χ3n) is 2.49. The molecule has 0 radical (unpaired) electrons. The molecule has 0 atom stereocenters. The molecule has 0 saturated carbocycles. The summed E-state index contributed by atoms with van der Waals surface area (Å²) in [6.45, 7) is 5.13. The lowest BCUT2D eigenvalue weighted by Crippen LogP contribution is -2.06. The number of aromatic nitrogens is 2. The highest BCUT2D eigenvalue weighted by Gasteiger charge is 2.05. The van der Waals surface area contributed by atoms with Gasteiger partial charge in [-0.2, -0.15) is 0 Å². The Labute approximate surface area is 124 Å². The second-order valence-corrected chi connectivity index (χ2v) is 4.80. The highest BCUT2D eigenvalue weighted by atomic mass is 32.2. The molecule has 1 aromatic heterocycles. The summed E-state index contributed by atoms with van der Waals surface area (Å²) < 4.78 is 4.86. The first-order valence-corrected chi connectivity index (χ1v) is 7.93. The van der Waals surface area contributed by atoms with Crippen molar-refractivity contribution in [1.29, 1.82) is 0 Å². The van der Waals surface area contributed by atoms with Crippen LogP contribution in [0.1, 0.15) is 32.3 Å². The Kier molecular flexibility index (Phi) is 7.72. The summed E-state index contributed by atoms with van der Waals surface area (Å²) >= 11 is 1.49. The van der Waals surface area contributed by atoms with Gasteiger partial charge in [0.25, 0.3) is 0 Å². The minimum atomic E-state index is -0.360. The number of ether oxygens (including phenoxy) is 1. The summed E-state index contributed by atoms with van der Waals surface area (Å²) in [6, 6.07) is 0. The lowest BCUT2D eigenvalue weighted by molar-refractivity contribution is -0.137. The Hall–Kier alpha value is -1.56. The maximum atomic E-state index is 11.3. The van der Waals surface area contributed by atoms with Crippen molar-refractivity contribution in [2.24, 2.45) is 0 Å². The number of carbonyl (C=O) groups is 1. The van der Waals surface area contributed by atoms with Gasteiger partial charge in [-0.1, -0.05) is 25.1 Å². The van der Waals surface area contributed by atoms with Crippen LogP contribution in [0.15, 0.2) is 17.4 Å². The van der Waals surface area contributed by atoms with E-state index in [4.69, 9.17) is 4.74 Å². The van der Waals surface area contributed by atoms with Crippen LogP contribution >= 0.6 is 11.8 Å². The molecule has 0 unspecified atom stereocenters. The highest BCUT2D eigenvalue weighted by molar-refractivity contribution is 7.98. The lowest BCUT2D eigenvalue weighted by Gasteiger charge is -2.08. The first-order valence-electron chi connectivity index (χ1n) is 6.71. The molecule has 0 amide bonds. The lowest BCUT2D eigenvalue weighted by atomic mass is 10.2. The zero-order valence-corrected chi connectivity index (χ0v) is 13.0. The van der Waals surface area contributed by atoms with Crippen LogP contribution < -0.4 is 5.32 Å². The first kappa shape index (κ1) is 16.5. The largest absolute Gasteiger partial charge is 0.463 e. The number of thioether (sulfide) groups is 1. The Morgan fingerprint density at radius 1 is 1.50 bits per heavy atom. The van der Waals surface area contributed by atoms with Gasteiger partial charge in [0, 0.05) is 24.4 Å². The van der Waals surface area contributed by atoms with Crippen molar-refractivity contribution in [3.63, 3.8) is 0 Å². The van der Waals surface area contributed by atoms with Crippen molar-refractivity contribution in [2.75, 3.05) is 24.7 Å². The molecule has 20 heavy (non-hydrogen) atoms. The summed E-state index contributed by atoms with van der Waals surface area (Å²) in [4.78, 5) is 20.0. The van der Waals surface area contributed by atoms with Gasteiger partial charge in [0.2, 0.25) is 0 Å². The zero-order valence-electron chi connectivity index (χ0n) is 12.2. The van der Waals surface area contributed by atoms with E-state index in [0.29, 0.717) is 11.8 Å². The number of hydrogen-bond acceptors (Lipinski definition) is 6. The maximum absolute atomic E-state index is 11.3. The van der Waals surface area contributed by atoms with Crippen LogP contribution in [0.2, 0.25) is 0 Å². The van der Waals surface area contributed by atoms with Crippen LogP contribution in [0.4, 0.5) is 5.82 Å². The first-order chi connectivity index (χ1) is 9.71. The molecule has 0 aliphatic rings. The van der Waals surface area contributed by atoms with E-state index >= 15 is 0 Å². The molecule has 0 saturated heterocycles. The SMILES string of the molecule is CCCCNc1nc(SC)ncc1/C=C/C(=O)OCC. The highest BCUT2D eigenvalue weighted by Crippen LogP contribution is 2.18. The molecule has 1 rings (SSSR count). The van der Waals surface area contributed by atoms with Gasteiger partial charge in [0.15, 0.2) is 5.16 Å². The number of unbranched alkanes of at least 4 members (excludes halogenated alkanes) is 1. The van der Waals surface area contributed by atoms with E-state index in [1.165, 1.54) is 17.8 Å². The van der Waals surface area contributed by atoms with E-state index in [-0.39, 0.29) is 5.97 Å². The summed E-state index contributed by atoms with van der Waals surface area (Å²) in [5.74, 6) is 0.388. The minimum Gasteiger partial charge on any atom is -0.463 e. The van der Waals surface area contributed by atoms with E-state index in [1.807, 2.05) is 6.26 Å². The smallest absolute Gasteiger partial charge is 0.330 e. The quantitative estimate of drug-likeness (QED) is 0.261. The van der Waals surface area contributed by atoms with E-state index in [2.05, 4.69) is 22.2 Å². The normalized spacial score (nSPS) is 10.8. The molecule has 0 bridgehead atoms. The van der Waals surface area contributed by atoms with Crippen molar-refractivity contribution < 1.29 is 9.53 Å². The molecule has 1 aromatic rings. The molecule has 0 aliphatic carbocycles. The fourth-order valence-electron chi connectivity index (χ4n) is 1.47. The van der Waals surface area contributed by atoms with Crippen molar-refractivity contribution in [1.82, 2.24) is 9.97 Å². The van der Waals surface area contributed by atoms with Crippen LogP contribution in [0.3, 0.4) is 0 Å². The van der Waals surface area contributed by atoms with E-state index in [1.54, 1.807) is 19.2 Å². The topological polar surface area (TPSA) is 64.1 Å². The molecule has 0 fully saturated rings. The third-order valence-corrected chi connectivity index (χ3v) is 3.05. The van der Waals surface area contributed by atoms with E-state index in [0.717, 1.165) is 30.8 Å². The molecule has 110 valence electrons. The van der Waals surface area contributed by atoms with E-state index in [9.17, 15) is 4.79 Å². The summed E-state index contributed by atoms with van der Waals surface area (Å²) in [7, 11) is 0. The van der Waals surface area contributed by atoms with E-state index < -0.39 is 0 Å². The molecular formula is C14H21N3O2S. The average molecular weight is 295 g/mol. The van der Waals surface area contributed by atoms with Crippen LogP contribution in [-0.2, 0) is 9.53 Å². The van der Waals surface area contributed by atoms with Gasteiger partial charge in [-0.3, -0.25) is 0 Å². The second kappa shape index (κ2) is 9.36. The summed E-state index contributed by atoms with van der Waals surface area (Å²) in [5, 5.41) is 3.98. The second-order valence-electron chi connectivity index (χ2n) is 4.03. The standard InChI is InChI=1S/C14H21N3O2S/c1-4-6-9-15-13-11(7-8-12(18)19-5-2)10-16-14(17-13)20-3/h7-8,10H,4-6,9H2,1-3H3,(H,15,16,17)/b8-7+. The van der Waals surface area contributed by atoms with Crippen molar-refractivity contribution in [3.05, 3.63) is 17.8 Å². The van der Waals surface area contributed by atoms with Gasteiger partial charge in [-0.05, 0) is 25.7 Å². The molecule has 6 heteroatoms. The molecule has 0 aliphatic heterocycles. The predicted molar refractivity (Wildman–Crippen MR) is 82.9 cm³/mol. The van der Waals surface area contributed by atoms with Crippen molar-refractivity contribution in [2.45, 2.75) is 31.8 Å². The van der Waals surface area contributed by atoms with Crippen molar-refractivity contribution >= 4 is 29.6 Å². The number of rotatable bonds is 8. The molecule has 1 N–H and O–H groups in total. The Balaban J connectivity index is 2.84. The molecule has 1 heterocycles. The van der Waals surface area contributed by atoms with Gasteiger partial charge < -0.3 is 10.1 Å². The van der Waals surface area contributed by atoms with Crippen LogP contribution in [-0.4, -0.2) is 35.3 Å². The third kappa shape index (κ3) is 5.61. The van der Waals surface area contributed by atoms with Crippen LogP contribution in [0.5, 0.6) is 0 Å². The fourth-order valence-corrected chi connectivity index (χ4v) is 1.81. The Bertz CT molecular complexity index is 464. The van der Waals surface area contributed by atoms with Gasteiger partial charge >= 0.3 is 5.97 Å². The molecule has 5 nitrogen and oxygen atoms in total. The number of anilines is 1. The van der Waals surface area contributed by atoms with Gasteiger partial charge in [0.05, 0.1) is 6.61 Å². The molecular weight excluding hydrogens is 274 g/mol. The van der Waals surface area contributed by atoms with Gasteiger partial charge in [0.1, 0.15) is 5.82 Å². The van der Waals surface area contributed by atoms with Gasteiger partial charge in [-0.15, -0.1) is 0 Å². The zero-order chi connectivity index (χ0) is 14.8. The fraction of sp³-hybridized carbons (Fsp3) is 0.500. The minimum absolute atomic E-state index is 0.360. The number of carbonyl (C=O) groups excluding carboxylic acids is 1. The van der Waals surface area contributed by atoms with Crippen LogP contribution in [0, 0.1) is 0 Å². The monoisotopic (exact) mass is 295 g/mol. The molecule has 0 spiro atoms. The number of nitrogens with one attached hydrogen (secondary N) is 1. The summed E-state index contributed by atoms with van der Waals surface area (Å²) in [5.41, 5.74) is 0.784. The number of hydrogen-bond donors (Lipinski definition) is 1. The maximum Gasteiger partial charge on any atom is 0.330 e.